The molecule has 1 amide bonds. The van der Waals surface area contributed by atoms with Crippen LogP contribution in [0.1, 0.15) is 12.0 Å². The zero-order valence-electron chi connectivity index (χ0n) is 11.9. The summed E-state index contributed by atoms with van der Waals surface area (Å²) >= 11 is 0. The summed E-state index contributed by atoms with van der Waals surface area (Å²) in [7, 11) is -1.19. The number of halogens is 1. The van der Waals surface area contributed by atoms with E-state index >= 15 is 0 Å². The van der Waals surface area contributed by atoms with E-state index in [9.17, 15) is 17.6 Å². The van der Waals surface area contributed by atoms with Crippen LogP contribution in [0, 0.1) is 5.82 Å². The van der Waals surface area contributed by atoms with Gasteiger partial charge in [0.1, 0.15) is 5.82 Å². The Kier molecular flexibility index (Phi) is 4.95. The lowest BCUT2D eigenvalue weighted by Crippen LogP contribution is -2.41. The number of likely N-dealkylation sites (N-methyl/N-ethyl adjacent to an activating group) is 1. The van der Waals surface area contributed by atoms with Crippen molar-refractivity contribution < 1.29 is 17.6 Å². The van der Waals surface area contributed by atoms with Crippen LogP contribution in [0.4, 0.5) is 4.39 Å². The van der Waals surface area contributed by atoms with Gasteiger partial charge in [0.05, 0.1) is 18.1 Å². The van der Waals surface area contributed by atoms with E-state index < -0.39 is 9.84 Å². The first kappa shape index (κ1) is 15.9. The largest absolute Gasteiger partial charge is 0.351 e. The number of carbonyl (C=O) groups excluding carboxylic acids is 1. The molecule has 21 heavy (non-hydrogen) atoms. The van der Waals surface area contributed by atoms with E-state index in [2.05, 4.69) is 5.32 Å². The van der Waals surface area contributed by atoms with E-state index in [0.717, 1.165) is 5.56 Å². The van der Waals surface area contributed by atoms with E-state index in [1.807, 2.05) is 0 Å². The lowest BCUT2D eigenvalue weighted by molar-refractivity contribution is -0.122. The van der Waals surface area contributed by atoms with Crippen molar-refractivity contribution in [2.75, 3.05) is 25.1 Å². The van der Waals surface area contributed by atoms with Gasteiger partial charge in [0, 0.05) is 12.6 Å². The van der Waals surface area contributed by atoms with E-state index in [4.69, 9.17) is 0 Å². The summed E-state index contributed by atoms with van der Waals surface area (Å²) in [6.07, 6.45) is 0.573. The lowest BCUT2D eigenvalue weighted by atomic mass is 10.2. The average molecular weight is 314 g/mol. The number of rotatable bonds is 5. The Morgan fingerprint density at radius 1 is 1.38 bits per heavy atom. The Hall–Kier alpha value is -1.47. The summed E-state index contributed by atoms with van der Waals surface area (Å²) in [5.74, 6) is -0.174. The summed E-state index contributed by atoms with van der Waals surface area (Å²) < 4.78 is 35.6. The van der Waals surface area contributed by atoms with E-state index in [1.54, 1.807) is 24.1 Å². The fraction of sp³-hybridized carbons (Fsp3) is 0.500. The molecule has 1 saturated heterocycles. The Bertz CT molecular complexity index is 601. The van der Waals surface area contributed by atoms with Gasteiger partial charge in [0.15, 0.2) is 9.84 Å². The molecule has 1 fully saturated rings. The van der Waals surface area contributed by atoms with Gasteiger partial charge in [-0.05, 0) is 31.2 Å². The second-order valence-corrected chi connectivity index (χ2v) is 7.60. The first-order valence-corrected chi connectivity index (χ1v) is 8.60. The molecule has 5 nitrogen and oxygen atoms in total. The molecule has 0 aromatic heterocycles. The van der Waals surface area contributed by atoms with E-state index in [-0.39, 0.29) is 35.8 Å². The van der Waals surface area contributed by atoms with Gasteiger partial charge >= 0.3 is 0 Å². The highest BCUT2D eigenvalue weighted by molar-refractivity contribution is 7.91. The highest BCUT2D eigenvalue weighted by atomic mass is 32.2. The van der Waals surface area contributed by atoms with Crippen LogP contribution in [0.2, 0.25) is 0 Å². The van der Waals surface area contributed by atoms with Crippen LogP contribution in [0.25, 0.3) is 0 Å². The third-order valence-electron chi connectivity index (χ3n) is 3.63. The molecule has 0 aliphatic carbocycles. The van der Waals surface area contributed by atoms with Gasteiger partial charge in [-0.3, -0.25) is 9.69 Å². The number of amides is 1. The summed E-state index contributed by atoms with van der Waals surface area (Å²) in [5.41, 5.74) is 0.816. The first-order chi connectivity index (χ1) is 9.85. The molecule has 116 valence electrons. The number of hydrogen-bond donors (Lipinski definition) is 1. The summed E-state index contributed by atoms with van der Waals surface area (Å²) in [6.45, 7) is 0.483. The zero-order chi connectivity index (χ0) is 15.5. The van der Waals surface area contributed by atoms with Gasteiger partial charge in [0.25, 0.3) is 0 Å². The smallest absolute Gasteiger partial charge is 0.234 e. The molecule has 0 bridgehead atoms. The van der Waals surface area contributed by atoms with Crippen LogP contribution in [0.3, 0.4) is 0 Å². The van der Waals surface area contributed by atoms with Crippen LogP contribution in [-0.2, 0) is 21.2 Å². The van der Waals surface area contributed by atoms with Crippen molar-refractivity contribution in [2.24, 2.45) is 0 Å². The molecular weight excluding hydrogens is 295 g/mol. The summed E-state index contributed by atoms with van der Waals surface area (Å²) in [6, 6.07) is 5.83. The molecule has 1 N–H and O–H groups in total. The molecule has 2 rings (SSSR count). The van der Waals surface area contributed by atoms with Crippen molar-refractivity contribution in [1.82, 2.24) is 10.2 Å². The normalized spacial score (nSPS) is 20.6. The summed E-state index contributed by atoms with van der Waals surface area (Å²) in [4.78, 5) is 13.6. The molecule has 1 aliphatic heterocycles. The molecule has 1 heterocycles. The standard InChI is InChI=1S/C14H19FN2O3S/c1-17(13-6-7-21(19,20)10-13)9-14(18)16-8-11-2-4-12(15)5-3-11/h2-5,13H,6-10H2,1H3,(H,16,18)/t13-/m0/s1. The zero-order valence-corrected chi connectivity index (χ0v) is 12.7. The quantitative estimate of drug-likeness (QED) is 0.862. The highest BCUT2D eigenvalue weighted by Crippen LogP contribution is 2.16. The molecule has 1 atom stereocenters. The van der Waals surface area contributed by atoms with E-state index in [0.29, 0.717) is 13.0 Å². The first-order valence-electron chi connectivity index (χ1n) is 6.77. The molecule has 1 aliphatic rings. The van der Waals surface area contributed by atoms with Crippen molar-refractivity contribution in [1.29, 1.82) is 0 Å². The summed E-state index contributed by atoms with van der Waals surface area (Å²) in [5, 5.41) is 2.74. The SMILES string of the molecule is CN(CC(=O)NCc1ccc(F)cc1)[C@H]1CCS(=O)(=O)C1. The minimum absolute atomic E-state index is 0.0911. The Balaban J connectivity index is 1.78. The Morgan fingerprint density at radius 3 is 2.62 bits per heavy atom. The second-order valence-electron chi connectivity index (χ2n) is 5.38. The number of sulfone groups is 1. The molecule has 0 saturated carbocycles. The monoisotopic (exact) mass is 314 g/mol. The average Bonchev–Trinajstić information content (AvgIpc) is 2.78. The van der Waals surface area contributed by atoms with Crippen LogP contribution < -0.4 is 5.32 Å². The van der Waals surface area contributed by atoms with Crippen molar-refractivity contribution in [3.63, 3.8) is 0 Å². The van der Waals surface area contributed by atoms with Gasteiger partial charge < -0.3 is 5.32 Å². The maximum absolute atomic E-state index is 12.7. The van der Waals surface area contributed by atoms with Crippen LogP contribution in [0.5, 0.6) is 0 Å². The third kappa shape index (κ3) is 4.78. The van der Waals surface area contributed by atoms with Crippen molar-refractivity contribution in [3.05, 3.63) is 35.6 Å². The van der Waals surface area contributed by atoms with Gasteiger partial charge in [-0.2, -0.15) is 0 Å². The predicted molar refractivity (Wildman–Crippen MR) is 77.9 cm³/mol. The highest BCUT2D eigenvalue weighted by Gasteiger charge is 2.31. The van der Waals surface area contributed by atoms with Gasteiger partial charge in [0.2, 0.25) is 5.91 Å². The number of hydrogen-bond acceptors (Lipinski definition) is 4. The van der Waals surface area contributed by atoms with Crippen molar-refractivity contribution >= 4 is 15.7 Å². The molecule has 0 unspecified atom stereocenters. The minimum Gasteiger partial charge on any atom is -0.351 e. The fourth-order valence-corrected chi connectivity index (χ4v) is 4.14. The van der Waals surface area contributed by atoms with Crippen LogP contribution in [-0.4, -0.2) is 50.4 Å². The number of nitrogens with one attached hydrogen (secondary N) is 1. The van der Waals surface area contributed by atoms with Gasteiger partial charge in [-0.25, -0.2) is 12.8 Å². The lowest BCUT2D eigenvalue weighted by Gasteiger charge is -2.22. The number of benzene rings is 1. The molecular formula is C14H19FN2O3S. The van der Waals surface area contributed by atoms with Crippen molar-refractivity contribution in [3.8, 4) is 0 Å². The van der Waals surface area contributed by atoms with Crippen molar-refractivity contribution in [2.45, 2.75) is 19.0 Å². The topological polar surface area (TPSA) is 66.5 Å². The fourth-order valence-electron chi connectivity index (χ4n) is 2.34. The molecule has 7 heteroatoms. The number of nitrogens with zero attached hydrogens (tertiary/aromatic N) is 1. The predicted octanol–water partition coefficient (Wildman–Crippen LogP) is 0.561. The molecule has 0 spiro atoms. The Morgan fingerprint density at radius 2 is 2.05 bits per heavy atom. The third-order valence-corrected chi connectivity index (χ3v) is 5.38. The molecule has 1 aromatic rings. The van der Waals surface area contributed by atoms with Crippen LogP contribution in [0.15, 0.2) is 24.3 Å². The number of carbonyl (C=O) groups is 1. The van der Waals surface area contributed by atoms with Crippen LogP contribution >= 0.6 is 0 Å². The maximum Gasteiger partial charge on any atom is 0.234 e. The molecule has 1 aromatic carbocycles. The second kappa shape index (κ2) is 6.53. The van der Waals surface area contributed by atoms with Gasteiger partial charge in [-0.1, -0.05) is 12.1 Å². The Labute approximate surface area is 124 Å². The maximum atomic E-state index is 12.7. The minimum atomic E-state index is -2.94. The van der Waals surface area contributed by atoms with E-state index in [1.165, 1.54) is 12.1 Å². The van der Waals surface area contributed by atoms with Gasteiger partial charge in [-0.15, -0.1) is 0 Å². The molecule has 0 radical (unpaired) electrons.